The predicted octanol–water partition coefficient (Wildman–Crippen LogP) is 3.97. The van der Waals surface area contributed by atoms with Gasteiger partial charge in [0.2, 0.25) is 6.10 Å². The van der Waals surface area contributed by atoms with Gasteiger partial charge in [-0.25, -0.2) is 4.39 Å². The fourth-order valence-electron chi connectivity index (χ4n) is 3.12. The lowest BCUT2D eigenvalue weighted by Crippen LogP contribution is -2.28. The Morgan fingerprint density at radius 3 is 2.87 bits per heavy atom. The zero-order chi connectivity index (χ0) is 21.1. The number of carbonyl (C=O) groups is 1. The fraction of sp³-hybridized carbons (Fsp3) is 0.190. The molecule has 154 valence electrons. The molecule has 0 aliphatic carbocycles. The van der Waals surface area contributed by atoms with Crippen molar-refractivity contribution in [2.75, 3.05) is 12.4 Å². The number of benzene rings is 2. The molecule has 30 heavy (non-hydrogen) atoms. The van der Waals surface area contributed by atoms with Crippen molar-refractivity contribution in [1.82, 2.24) is 9.78 Å². The normalized spacial score (nSPS) is 15.4. The van der Waals surface area contributed by atoms with Crippen molar-refractivity contribution in [1.29, 1.82) is 0 Å². The van der Waals surface area contributed by atoms with Crippen molar-refractivity contribution in [2.45, 2.75) is 19.1 Å². The Kier molecular flexibility index (Phi) is 5.80. The van der Waals surface area contributed by atoms with Crippen LogP contribution in [0.3, 0.4) is 0 Å². The quantitative estimate of drug-likeness (QED) is 0.588. The van der Waals surface area contributed by atoms with Crippen LogP contribution in [-0.2, 0) is 16.2 Å². The minimum atomic E-state index is -0.784. The Bertz CT molecular complexity index is 1120. The van der Waals surface area contributed by atoms with E-state index in [2.05, 4.69) is 31.5 Å². The average Bonchev–Trinajstić information content (AvgIpc) is 3.37. The molecule has 1 atom stereocenters. The zero-order valence-electron chi connectivity index (χ0n) is 16.0. The summed E-state index contributed by atoms with van der Waals surface area (Å²) < 4.78 is 21.3. The van der Waals surface area contributed by atoms with Crippen molar-refractivity contribution < 1.29 is 18.8 Å². The maximum atomic E-state index is 13.9. The summed E-state index contributed by atoms with van der Waals surface area (Å²) in [5.41, 5.74) is 1.92. The van der Waals surface area contributed by atoms with Crippen LogP contribution in [0.4, 0.5) is 10.2 Å². The minimum absolute atomic E-state index is 0.238. The Labute approximate surface area is 180 Å². The molecule has 9 heteroatoms. The van der Waals surface area contributed by atoms with E-state index < -0.39 is 6.10 Å². The number of hydrogen-bond donors (Lipinski definition) is 1. The van der Waals surface area contributed by atoms with Gasteiger partial charge in [0.1, 0.15) is 11.6 Å². The predicted molar refractivity (Wildman–Crippen MR) is 113 cm³/mol. The number of halogens is 2. The molecule has 3 aromatic rings. The average molecular weight is 473 g/mol. The van der Waals surface area contributed by atoms with Crippen molar-refractivity contribution in [2.24, 2.45) is 5.16 Å². The lowest BCUT2D eigenvalue weighted by Gasteiger charge is -2.09. The maximum absolute atomic E-state index is 13.9. The van der Waals surface area contributed by atoms with Crippen LogP contribution in [0.1, 0.15) is 17.5 Å². The van der Waals surface area contributed by atoms with Gasteiger partial charge in [0.25, 0.3) is 5.91 Å². The lowest BCUT2D eigenvalue weighted by atomic mass is 10.0. The van der Waals surface area contributed by atoms with Crippen molar-refractivity contribution in [3.63, 3.8) is 0 Å². The number of nitrogens with zero attached hydrogens (tertiary/aromatic N) is 3. The monoisotopic (exact) mass is 472 g/mol. The highest BCUT2D eigenvalue weighted by Crippen LogP contribution is 2.26. The second-order valence-electron chi connectivity index (χ2n) is 6.64. The van der Waals surface area contributed by atoms with Crippen LogP contribution in [0, 0.1) is 5.82 Å². The fourth-order valence-corrected chi connectivity index (χ4v) is 3.54. The largest absolute Gasteiger partial charge is 0.496 e. The molecule has 1 aliphatic heterocycles. The number of aromatic nitrogens is 2. The molecule has 0 fully saturated rings. The highest BCUT2D eigenvalue weighted by molar-refractivity contribution is 9.10. The molecule has 0 spiro atoms. The Morgan fingerprint density at radius 2 is 2.07 bits per heavy atom. The molecule has 0 saturated heterocycles. The topological polar surface area (TPSA) is 77.7 Å². The van der Waals surface area contributed by atoms with Crippen molar-refractivity contribution >= 4 is 33.4 Å². The highest BCUT2D eigenvalue weighted by atomic mass is 79.9. The molecule has 1 amide bonds. The minimum Gasteiger partial charge on any atom is -0.496 e. The summed E-state index contributed by atoms with van der Waals surface area (Å²) in [4.78, 5) is 18.0. The molecule has 1 N–H and O–H groups in total. The molecular formula is C21H18BrFN4O3. The van der Waals surface area contributed by atoms with E-state index in [0.29, 0.717) is 33.7 Å². The third-order valence-electron chi connectivity index (χ3n) is 4.63. The van der Waals surface area contributed by atoms with Gasteiger partial charge >= 0.3 is 0 Å². The molecule has 4 rings (SSSR count). The molecule has 7 nitrogen and oxygen atoms in total. The third kappa shape index (κ3) is 4.20. The van der Waals surface area contributed by atoms with E-state index in [1.165, 1.54) is 6.07 Å². The third-order valence-corrected chi connectivity index (χ3v) is 5.21. The second kappa shape index (κ2) is 8.66. The van der Waals surface area contributed by atoms with Gasteiger partial charge < -0.3 is 14.9 Å². The van der Waals surface area contributed by atoms with Crippen LogP contribution in [0.15, 0.2) is 64.4 Å². The van der Waals surface area contributed by atoms with Crippen LogP contribution < -0.4 is 10.1 Å². The second-order valence-corrected chi connectivity index (χ2v) is 7.49. The van der Waals surface area contributed by atoms with E-state index in [4.69, 9.17) is 9.57 Å². The number of amides is 1. The summed E-state index contributed by atoms with van der Waals surface area (Å²) in [7, 11) is 1.58. The number of carbonyl (C=O) groups excluding carboxylic acids is 1. The van der Waals surface area contributed by atoms with Gasteiger partial charge in [-0.2, -0.15) is 5.10 Å². The summed E-state index contributed by atoms with van der Waals surface area (Å²) in [5.74, 6) is 0.303. The number of para-hydroxylation sites is 1. The number of rotatable bonds is 6. The van der Waals surface area contributed by atoms with Crippen molar-refractivity contribution in [3.05, 3.63) is 76.1 Å². The molecular weight excluding hydrogens is 455 g/mol. The molecule has 1 aliphatic rings. The van der Waals surface area contributed by atoms with Crippen LogP contribution in [0.25, 0.3) is 0 Å². The van der Waals surface area contributed by atoms with E-state index in [9.17, 15) is 9.18 Å². The summed E-state index contributed by atoms with van der Waals surface area (Å²) in [6.07, 6.45) is 1.20. The standard InChI is InChI=1S/C21H18BrFN4O3/c1-29-18-9-5-3-7-14(18)17-10-19(30-26-17)21(28)24-20-15(22)12-27(25-20)11-13-6-2-4-8-16(13)23/h2-9,12,19H,10-11H2,1H3,(H,24,25,28). The van der Waals surface area contributed by atoms with Gasteiger partial charge in [-0.3, -0.25) is 9.48 Å². The number of oxime groups is 1. The summed E-state index contributed by atoms with van der Waals surface area (Å²) in [6.45, 7) is 0.238. The van der Waals surface area contributed by atoms with Crippen molar-refractivity contribution in [3.8, 4) is 5.75 Å². The van der Waals surface area contributed by atoms with E-state index in [-0.39, 0.29) is 18.3 Å². The van der Waals surface area contributed by atoms with E-state index >= 15 is 0 Å². The zero-order valence-corrected chi connectivity index (χ0v) is 17.6. The van der Waals surface area contributed by atoms with Gasteiger partial charge in [0.15, 0.2) is 5.82 Å². The first-order valence-corrected chi connectivity index (χ1v) is 9.97. The van der Waals surface area contributed by atoms with E-state index in [1.54, 1.807) is 36.2 Å². The molecule has 1 unspecified atom stereocenters. The van der Waals surface area contributed by atoms with E-state index in [0.717, 1.165) is 5.56 Å². The molecule has 0 radical (unpaired) electrons. The number of methoxy groups -OCH3 is 1. The smallest absolute Gasteiger partial charge is 0.269 e. The lowest BCUT2D eigenvalue weighted by molar-refractivity contribution is -0.125. The molecule has 2 heterocycles. The Hall–Kier alpha value is -3.20. The number of nitrogens with one attached hydrogen (secondary N) is 1. The summed E-state index contributed by atoms with van der Waals surface area (Å²) in [6, 6.07) is 13.9. The van der Waals surface area contributed by atoms with Crippen LogP contribution in [0.5, 0.6) is 5.75 Å². The first kappa shape index (κ1) is 20.1. The van der Waals surface area contributed by atoms with E-state index in [1.807, 2.05) is 24.3 Å². The highest BCUT2D eigenvalue weighted by Gasteiger charge is 2.31. The van der Waals surface area contributed by atoms with Gasteiger partial charge in [0, 0.05) is 23.7 Å². The molecule has 2 aromatic carbocycles. The number of anilines is 1. The number of ether oxygens (including phenoxy) is 1. The van der Waals surface area contributed by atoms with Crippen LogP contribution in [-0.4, -0.2) is 34.6 Å². The first-order valence-electron chi connectivity index (χ1n) is 9.18. The van der Waals surface area contributed by atoms with Gasteiger partial charge in [-0.05, 0) is 34.1 Å². The van der Waals surface area contributed by atoms with Gasteiger partial charge in [0.05, 0.1) is 23.8 Å². The van der Waals surface area contributed by atoms with Crippen LogP contribution >= 0.6 is 15.9 Å². The van der Waals surface area contributed by atoms with Crippen LogP contribution in [0.2, 0.25) is 0 Å². The van der Waals surface area contributed by atoms with Gasteiger partial charge in [-0.15, -0.1) is 0 Å². The Morgan fingerprint density at radius 1 is 1.30 bits per heavy atom. The molecule has 1 aromatic heterocycles. The summed E-state index contributed by atoms with van der Waals surface area (Å²) >= 11 is 3.38. The first-order chi connectivity index (χ1) is 14.5. The molecule has 0 bridgehead atoms. The SMILES string of the molecule is COc1ccccc1C1=NOC(C(=O)Nc2nn(Cc3ccccc3F)cc2Br)C1. The maximum Gasteiger partial charge on any atom is 0.269 e. The Balaban J connectivity index is 1.41. The summed E-state index contributed by atoms with van der Waals surface area (Å²) in [5, 5.41) is 11.1. The number of hydrogen-bond acceptors (Lipinski definition) is 5. The molecule has 0 saturated carbocycles. The van der Waals surface area contributed by atoms with Gasteiger partial charge in [-0.1, -0.05) is 35.5 Å².